The minimum Gasteiger partial charge on any atom is -0.489 e. The van der Waals surface area contributed by atoms with Crippen LogP contribution in [0.3, 0.4) is 0 Å². The van der Waals surface area contributed by atoms with E-state index in [1.807, 2.05) is 69.3 Å². The predicted molar refractivity (Wildman–Crippen MR) is 103 cm³/mol. The number of amides is 1. The standard InChI is InChI=1S/C20H24BrNO3/c1-20(2,3)25-19(23)22-12-11-16-13-17(9-10-18(16)21)24-14-15-7-5-4-6-8-15/h4-10,13H,11-12,14H2,1-3H3,(H,22,23). The summed E-state index contributed by atoms with van der Waals surface area (Å²) in [4.78, 5) is 11.7. The molecule has 4 nitrogen and oxygen atoms in total. The summed E-state index contributed by atoms with van der Waals surface area (Å²) in [7, 11) is 0. The molecule has 2 rings (SSSR count). The Balaban J connectivity index is 1.87. The van der Waals surface area contributed by atoms with Crippen LogP contribution in [0.15, 0.2) is 53.0 Å². The number of benzene rings is 2. The van der Waals surface area contributed by atoms with E-state index in [-0.39, 0.29) is 0 Å². The van der Waals surface area contributed by atoms with Crippen LogP contribution in [0.2, 0.25) is 0 Å². The Hall–Kier alpha value is -2.01. The van der Waals surface area contributed by atoms with Crippen LogP contribution in [0.1, 0.15) is 31.9 Å². The second-order valence-electron chi connectivity index (χ2n) is 6.71. The largest absolute Gasteiger partial charge is 0.489 e. The quantitative estimate of drug-likeness (QED) is 0.727. The zero-order chi connectivity index (χ0) is 18.3. The Morgan fingerprint density at radius 1 is 1.12 bits per heavy atom. The highest BCUT2D eigenvalue weighted by Crippen LogP contribution is 2.23. The number of nitrogens with one attached hydrogen (secondary N) is 1. The molecule has 1 N–H and O–H groups in total. The number of hydrogen-bond acceptors (Lipinski definition) is 3. The van der Waals surface area contributed by atoms with Gasteiger partial charge in [0.2, 0.25) is 0 Å². The van der Waals surface area contributed by atoms with Crippen molar-refractivity contribution in [2.45, 2.75) is 39.4 Å². The van der Waals surface area contributed by atoms with Crippen LogP contribution in [-0.4, -0.2) is 18.2 Å². The van der Waals surface area contributed by atoms with E-state index in [1.54, 1.807) is 0 Å². The minimum absolute atomic E-state index is 0.403. The fourth-order valence-electron chi connectivity index (χ4n) is 2.19. The van der Waals surface area contributed by atoms with Gasteiger partial charge in [-0.15, -0.1) is 0 Å². The van der Waals surface area contributed by atoms with Crippen molar-refractivity contribution < 1.29 is 14.3 Å². The summed E-state index contributed by atoms with van der Waals surface area (Å²) < 4.78 is 12.1. The van der Waals surface area contributed by atoms with Gasteiger partial charge < -0.3 is 14.8 Å². The molecule has 0 aromatic heterocycles. The highest BCUT2D eigenvalue weighted by Gasteiger charge is 2.15. The lowest BCUT2D eigenvalue weighted by Gasteiger charge is -2.19. The highest BCUT2D eigenvalue weighted by atomic mass is 79.9. The molecule has 0 aliphatic rings. The molecule has 0 spiro atoms. The third-order valence-electron chi connectivity index (χ3n) is 3.33. The zero-order valence-corrected chi connectivity index (χ0v) is 16.4. The number of hydrogen-bond donors (Lipinski definition) is 1. The van der Waals surface area contributed by atoms with Crippen LogP contribution in [0.5, 0.6) is 5.75 Å². The van der Waals surface area contributed by atoms with Crippen LogP contribution < -0.4 is 10.1 Å². The first kappa shape index (κ1) is 19.3. The fraction of sp³-hybridized carbons (Fsp3) is 0.350. The van der Waals surface area contributed by atoms with Gasteiger partial charge in [-0.1, -0.05) is 46.3 Å². The highest BCUT2D eigenvalue weighted by molar-refractivity contribution is 9.10. The van der Waals surface area contributed by atoms with Gasteiger partial charge in [0.05, 0.1) is 0 Å². The Bertz CT molecular complexity index is 696. The maximum atomic E-state index is 11.7. The van der Waals surface area contributed by atoms with Crippen molar-refractivity contribution in [2.24, 2.45) is 0 Å². The summed E-state index contributed by atoms with van der Waals surface area (Å²) in [6.07, 6.45) is 0.280. The molecule has 5 heteroatoms. The smallest absolute Gasteiger partial charge is 0.407 e. The predicted octanol–water partition coefficient (Wildman–Crippen LogP) is 5.10. The van der Waals surface area contributed by atoms with E-state index >= 15 is 0 Å². The zero-order valence-electron chi connectivity index (χ0n) is 14.8. The van der Waals surface area contributed by atoms with Crippen molar-refractivity contribution in [3.63, 3.8) is 0 Å². The first-order valence-corrected chi connectivity index (χ1v) is 9.05. The molecule has 0 unspecified atom stereocenters. The van der Waals surface area contributed by atoms with Gasteiger partial charge in [-0.2, -0.15) is 0 Å². The number of carbonyl (C=O) groups excluding carboxylic acids is 1. The lowest BCUT2D eigenvalue weighted by molar-refractivity contribution is 0.0528. The lowest BCUT2D eigenvalue weighted by atomic mass is 10.1. The number of halogens is 1. The third kappa shape index (κ3) is 7.18. The number of carbonyl (C=O) groups is 1. The van der Waals surface area contributed by atoms with Crippen molar-refractivity contribution in [3.05, 3.63) is 64.1 Å². The molecule has 0 saturated carbocycles. The molecule has 2 aromatic carbocycles. The molecule has 0 fully saturated rings. The maximum absolute atomic E-state index is 11.7. The molecular formula is C20H24BrNO3. The number of ether oxygens (including phenoxy) is 2. The Kier molecular flexibility index (Phi) is 6.88. The van der Waals surface area contributed by atoms with E-state index < -0.39 is 11.7 Å². The van der Waals surface area contributed by atoms with Crippen molar-refractivity contribution in [3.8, 4) is 5.75 Å². The normalized spacial score (nSPS) is 11.0. The van der Waals surface area contributed by atoms with Crippen LogP contribution in [-0.2, 0) is 17.8 Å². The van der Waals surface area contributed by atoms with E-state index in [2.05, 4.69) is 21.2 Å². The summed E-state index contributed by atoms with van der Waals surface area (Å²) in [5.74, 6) is 0.805. The van der Waals surface area contributed by atoms with Crippen molar-refractivity contribution in [1.29, 1.82) is 0 Å². The molecule has 0 aliphatic carbocycles. The first-order valence-electron chi connectivity index (χ1n) is 8.25. The number of rotatable bonds is 6. The van der Waals surface area contributed by atoms with Crippen LogP contribution in [0, 0.1) is 0 Å². The SMILES string of the molecule is CC(C)(C)OC(=O)NCCc1cc(OCc2ccccc2)ccc1Br. The van der Waals surface area contributed by atoms with E-state index in [1.165, 1.54) is 0 Å². The molecule has 0 aliphatic heterocycles. The van der Waals surface area contributed by atoms with E-state index in [0.717, 1.165) is 21.3 Å². The summed E-state index contributed by atoms with van der Waals surface area (Å²) in [5, 5.41) is 2.77. The maximum Gasteiger partial charge on any atom is 0.407 e. The molecule has 0 radical (unpaired) electrons. The average molecular weight is 406 g/mol. The molecule has 0 saturated heterocycles. The van der Waals surface area contributed by atoms with Gasteiger partial charge in [0.1, 0.15) is 18.0 Å². The van der Waals surface area contributed by atoms with Crippen molar-refractivity contribution in [1.82, 2.24) is 5.32 Å². The summed E-state index contributed by atoms with van der Waals surface area (Å²) in [6.45, 7) is 6.55. The van der Waals surface area contributed by atoms with E-state index in [9.17, 15) is 4.79 Å². The summed E-state index contributed by atoms with van der Waals surface area (Å²) in [5.41, 5.74) is 1.70. The fourth-order valence-corrected chi connectivity index (χ4v) is 2.63. The summed E-state index contributed by atoms with van der Waals surface area (Å²) in [6, 6.07) is 15.9. The Labute approximate surface area is 157 Å². The van der Waals surface area contributed by atoms with Gasteiger partial charge in [0.25, 0.3) is 0 Å². The molecule has 134 valence electrons. The molecule has 1 amide bonds. The van der Waals surface area contributed by atoms with Gasteiger partial charge >= 0.3 is 6.09 Å². The van der Waals surface area contributed by atoms with Crippen LogP contribution in [0.4, 0.5) is 4.79 Å². The van der Waals surface area contributed by atoms with E-state index in [4.69, 9.17) is 9.47 Å². The number of alkyl carbamates (subject to hydrolysis) is 1. The second kappa shape index (κ2) is 8.90. The third-order valence-corrected chi connectivity index (χ3v) is 4.10. The van der Waals surface area contributed by atoms with E-state index in [0.29, 0.717) is 19.6 Å². The van der Waals surface area contributed by atoms with Gasteiger partial charge in [-0.3, -0.25) is 0 Å². The average Bonchev–Trinajstić information content (AvgIpc) is 2.54. The summed E-state index contributed by atoms with van der Waals surface area (Å²) >= 11 is 3.54. The Morgan fingerprint density at radius 3 is 2.52 bits per heavy atom. The van der Waals surface area contributed by atoms with Crippen LogP contribution >= 0.6 is 15.9 Å². The molecule has 25 heavy (non-hydrogen) atoms. The van der Waals surface area contributed by atoms with Gasteiger partial charge in [0.15, 0.2) is 0 Å². The Morgan fingerprint density at radius 2 is 1.84 bits per heavy atom. The molecular weight excluding hydrogens is 382 g/mol. The van der Waals surface area contributed by atoms with Crippen molar-refractivity contribution >= 4 is 22.0 Å². The minimum atomic E-state index is -0.490. The topological polar surface area (TPSA) is 47.6 Å². The molecule has 2 aromatic rings. The second-order valence-corrected chi connectivity index (χ2v) is 7.56. The van der Waals surface area contributed by atoms with Gasteiger partial charge in [-0.25, -0.2) is 4.79 Å². The first-order chi connectivity index (χ1) is 11.8. The van der Waals surface area contributed by atoms with Crippen LogP contribution in [0.25, 0.3) is 0 Å². The van der Waals surface area contributed by atoms with Crippen molar-refractivity contribution in [2.75, 3.05) is 6.54 Å². The monoisotopic (exact) mass is 405 g/mol. The van der Waals surface area contributed by atoms with Gasteiger partial charge in [0, 0.05) is 11.0 Å². The molecule has 0 bridgehead atoms. The van der Waals surface area contributed by atoms with Gasteiger partial charge in [-0.05, 0) is 56.5 Å². The molecule has 0 atom stereocenters. The molecule has 0 heterocycles. The lowest BCUT2D eigenvalue weighted by Crippen LogP contribution is -2.33.